The summed E-state index contributed by atoms with van der Waals surface area (Å²) < 4.78 is 0. The smallest absolute Gasteiger partial charge is 0.221 e. The van der Waals surface area contributed by atoms with E-state index in [4.69, 9.17) is 0 Å². The number of Topliss-reactive ketones (excluding diaryl/α,β-unsaturated/α-hetero) is 1. The molecule has 1 aromatic heterocycles. The van der Waals surface area contributed by atoms with Crippen LogP contribution in [0.4, 0.5) is 28.7 Å². The molecule has 0 bridgehead atoms. The van der Waals surface area contributed by atoms with Crippen LogP contribution in [0.3, 0.4) is 0 Å². The van der Waals surface area contributed by atoms with Gasteiger partial charge in [0, 0.05) is 35.6 Å². The number of nitrogens with one attached hydrogen (secondary N) is 3. The van der Waals surface area contributed by atoms with Crippen molar-refractivity contribution >= 4 is 40.4 Å². The molecule has 0 atom stereocenters. The molecule has 2 aromatic carbocycles. The van der Waals surface area contributed by atoms with Crippen LogP contribution in [0.15, 0.2) is 60.9 Å². The first kappa shape index (κ1) is 18.1. The SMILES string of the molecule is CC(=O)Nc1ccc(Nc2cc(Nc3ccc(C(C)=O)cc3)ncn2)cc1. The topological polar surface area (TPSA) is 96.0 Å². The van der Waals surface area contributed by atoms with Gasteiger partial charge in [0.1, 0.15) is 18.0 Å². The Morgan fingerprint density at radius 2 is 1.22 bits per heavy atom. The monoisotopic (exact) mass is 361 g/mol. The molecule has 0 saturated heterocycles. The molecule has 3 N–H and O–H groups in total. The summed E-state index contributed by atoms with van der Waals surface area (Å²) in [6.45, 7) is 3.00. The average molecular weight is 361 g/mol. The quantitative estimate of drug-likeness (QED) is 0.572. The lowest BCUT2D eigenvalue weighted by atomic mass is 10.1. The van der Waals surface area contributed by atoms with E-state index in [1.807, 2.05) is 24.3 Å². The standard InChI is InChI=1S/C20H19N5O2/c1-13(26)15-3-5-17(6-4-15)24-19-11-20(22-12-21-19)25-18-9-7-16(8-10-18)23-14(2)27/h3-12H,1-2H3,(H,23,27)(H2,21,22,24,25). The van der Waals surface area contributed by atoms with E-state index in [2.05, 4.69) is 25.9 Å². The highest BCUT2D eigenvalue weighted by Gasteiger charge is 2.03. The van der Waals surface area contributed by atoms with E-state index < -0.39 is 0 Å². The highest BCUT2D eigenvalue weighted by atomic mass is 16.1. The second-order valence-corrected chi connectivity index (χ2v) is 5.93. The molecule has 0 aliphatic heterocycles. The number of amides is 1. The summed E-state index contributed by atoms with van der Waals surface area (Å²) in [5.74, 6) is 1.16. The third-order valence-corrected chi connectivity index (χ3v) is 3.71. The van der Waals surface area contributed by atoms with Crippen molar-refractivity contribution in [1.29, 1.82) is 0 Å². The van der Waals surface area contributed by atoms with Crippen molar-refractivity contribution in [3.05, 3.63) is 66.5 Å². The lowest BCUT2D eigenvalue weighted by Crippen LogP contribution is -2.05. The predicted octanol–water partition coefficient (Wildman–Crippen LogP) is 4.12. The van der Waals surface area contributed by atoms with Crippen LogP contribution < -0.4 is 16.0 Å². The van der Waals surface area contributed by atoms with E-state index in [9.17, 15) is 9.59 Å². The molecule has 3 rings (SSSR count). The molecule has 7 nitrogen and oxygen atoms in total. The fraction of sp³-hybridized carbons (Fsp3) is 0.100. The lowest BCUT2D eigenvalue weighted by molar-refractivity contribution is -0.114. The average Bonchev–Trinajstić information content (AvgIpc) is 2.64. The molecular formula is C20H19N5O2. The number of ketones is 1. The van der Waals surface area contributed by atoms with Crippen molar-refractivity contribution in [2.45, 2.75) is 13.8 Å². The number of carbonyl (C=O) groups excluding carboxylic acids is 2. The first-order valence-electron chi connectivity index (χ1n) is 8.34. The molecule has 27 heavy (non-hydrogen) atoms. The van der Waals surface area contributed by atoms with Gasteiger partial charge in [-0.05, 0) is 55.5 Å². The maximum absolute atomic E-state index is 11.3. The highest BCUT2D eigenvalue weighted by molar-refractivity contribution is 5.94. The summed E-state index contributed by atoms with van der Waals surface area (Å²) in [6, 6.07) is 16.3. The van der Waals surface area contributed by atoms with Gasteiger partial charge in [0.05, 0.1) is 0 Å². The summed E-state index contributed by atoms with van der Waals surface area (Å²) in [5, 5.41) is 9.08. The number of anilines is 5. The van der Waals surface area contributed by atoms with E-state index in [1.54, 1.807) is 30.3 Å². The first-order chi connectivity index (χ1) is 13.0. The Morgan fingerprint density at radius 1 is 0.741 bits per heavy atom. The maximum Gasteiger partial charge on any atom is 0.221 e. The summed E-state index contributed by atoms with van der Waals surface area (Å²) in [5.41, 5.74) is 3.05. The predicted molar refractivity (Wildman–Crippen MR) is 106 cm³/mol. The van der Waals surface area contributed by atoms with Crippen molar-refractivity contribution in [2.75, 3.05) is 16.0 Å². The number of aromatic nitrogens is 2. The van der Waals surface area contributed by atoms with Gasteiger partial charge >= 0.3 is 0 Å². The Kier molecular flexibility index (Phi) is 5.41. The van der Waals surface area contributed by atoms with Crippen molar-refractivity contribution < 1.29 is 9.59 Å². The molecule has 7 heteroatoms. The van der Waals surface area contributed by atoms with E-state index in [-0.39, 0.29) is 11.7 Å². The zero-order chi connectivity index (χ0) is 19.2. The molecule has 0 fully saturated rings. The van der Waals surface area contributed by atoms with Gasteiger partial charge in [0.2, 0.25) is 5.91 Å². The number of carbonyl (C=O) groups is 2. The lowest BCUT2D eigenvalue weighted by Gasteiger charge is -2.10. The summed E-state index contributed by atoms with van der Waals surface area (Å²) in [6.07, 6.45) is 1.46. The Hall–Kier alpha value is -3.74. The minimum Gasteiger partial charge on any atom is -0.340 e. The number of rotatable bonds is 6. The molecule has 3 aromatic rings. The Balaban J connectivity index is 1.68. The zero-order valence-electron chi connectivity index (χ0n) is 15.0. The largest absolute Gasteiger partial charge is 0.340 e. The number of hydrogen-bond donors (Lipinski definition) is 3. The molecular weight excluding hydrogens is 342 g/mol. The molecule has 1 heterocycles. The van der Waals surface area contributed by atoms with E-state index >= 15 is 0 Å². The third kappa shape index (κ3) is 5.12. The number of nitrogens with zero attached hydrogens (tertiary/aromatic N) is 2. The molecule has 136 valence electrons. The number of benzene rings is 2. The van der Waals surface area contributed by atoms with Gasteiger partial charge < -0.3 is 16.0 Å². The zero-order valence-corrected chi connectivity index (χ0v) is 15.0. The van der Waals surface area contributed by atoms with Crippen molar-refractivity contribution in [2.24, 2.45) is 0 Å². The van der Waals surface area contributed by atoms with Crippen molar-refractivity contribution in [1.82, 2.24) is 9.97 Å². The second kappa shape index (κ2) is 8.09. The van der Waals surface area contributed by atoms with E-state index in [0.29, 0.717) is 17.2 Å². The van der Waals surface area contributed by atoms with Gasteiger partial charge in [-0.15, -0.1) is 0 Å². The van der Waals surface area contributed by atoms with Crippen LogP contribution in [0, 0.1) is 0 Å². The molecule has 0 saturated carbocycles. The second-order valence-electron chi connectivity index (χ2n) is 5.93. The Bertz CT molecular complexity index is 953. The normalized spacial score (nSPS) is 10.1. The van der Waals surface area contributed by atoms with Crippen LogP contribution in [0.2, 0.25) is 0 Å². The van der Waals surface area contributed by atoms with Crippen LogP contribution >= 0.6 is 0 Å². The van der Waals surface area contributed by atoms with E-state index in [1.165, 1.54) is 20.2 Å². The summed E-state index contributed by atoms with van der Waals surface area (Å²) >= 11 is 0. The first-order valence-corrected chi connectivity index (χ1v) is 8.34. The van der Waals surface area contributed by atoms with Gasteiger partial charge in [0.15, 0.2) is 5.78 Å². The molecule has 0 aliphatic carbocycles. The van der Waals surface area contributed by atoms with Crippen LogP contribution in [-0.2, 0) is 4.79 Å². The molecule has 0 unspecified atom stereocenters. The summed E-state index contributed by atoms with van der Waals surface area (Å²) in [4.78, 5) is 30.8. The molecule has 0 aliphatic rings. The fourth-order valence-corrected chi connectivity index (χ4v) is 2.42. The molecule has 1 amide bonds. The van der Waals surface area contributed by atoms with Crippen molar-refractivity contribution in [3.8, 4) is 0 Å². The minimum absolute atomic E-state index is 0.0274. The van der Waals surface area contributed by atoms with Crippen LogP contribution in [0.5, 0.6) is 0 Å². The molecule has 0 radical (unpaired) electrons. The fourth-order valence-electron chi connectivity index (χ4n) is 2.42. The Labute approximate surface area is 156 Å². The Morgan fingerprint density at radius 3 is 1.70 bits per heavy atom. The summed E-state index contributed by atoms with van der Waals surface area (Å²) in [7, 11) is 0. The van der Waals surface area contributed by atoms with Crippen LogP contribution in [0.25, 0.3) is 0 Å². The van der Waals surface area contributed by atoms with Gasteiger partial charge in [-0.25, -0.2) is 9.97 Å². The van der Waals surface area contributed by atoms with E-state index in [0.717, 1.165) is 17.1 Å². The van der Waals surface area contributed by atoms with Gasteiger partial charge in [0.25, 0.3) is 0 Å². The van der Waals surface area contributed by atoms with Gasteiger partial charge in [-0.2, -0.15) is 0 Å². The van der Waals surface area contributed by atoms with Crippen LogP contribution in [0.1, 0.15) is 24.2 Å². The third-order valence-electron chi connectivity index (χ3n) is 3.71. The van der Waals surface area contributed by atoms with Crippen LogP contribution in [-0.4, -0.2) is 21.7 Å². The highest BCUT2D eigenvalue weighted by Crippen LogP contribution is 2.21. The maximum atomic E-state index is 11.3. The van der Waals surface area contributed by atoms with Crippen molar-refractivity contribution in [3.63, 3.8) is 0 Å². The minimum atomic E-state index is -0.112. The molecule has 0 spiro atoms. The van der Waals surface area contributed by atoms with Gasteiger partial charge in [-0.3, -0.25) is 9.59 Å². The number of hydrogen-bond acceptors (Lipinski definition) is 6. The van der Waals surface area contributed by atoms with Gasteiger partial charge in [-0.1, -0.05) is 0 Å².